The standard InChI is InChI=1S/2C24H33ClO4.C23H32O5.2C20H29ClO2/c2*1-15(26)28-18-8-11-24(12-13-25)17(14-18)4-5-19-20-6-7-22(29-16(2)27)23(20,3)10-9-21(19)24;1-14(25)27-17-8-11-23(13-24)16(12-17)4-5-18-19-6-7-21(28-15(2)26)22(19,3)10-9-20(18)23;2*1-19-8-7-17-15(16(19)4-5-18(19)23)3-2-13-12-14(22)6-9-20(13,17)10-11-21/h2*4,12-13,18-22H,5-11,14H2,1-3H3;4,13,17-21H,5-12H2,1-3H3;2*2,10-11,14-18,22-23H,3-9,12H2,1H3/b13-12+;13-12-;;11-10+;11-10-/t2*18-,19?,20?,21?,22-,23-,24+;17-,18?,19?,20?,21-,22-,23+;2*14-,15?,16?,17?,18-,19-,20+/m00000/s1. The minimum atomic E-state index is -0.388. The molecule has 0 bridgehead atoms. The predicted molar refractivity (Wildman–Crippen MR) is 514 cm³/mol. The van der Waals surface area contributed by atoms with Gasteiger partial charge in [0.05, 0.1) is 29.8 Å². The van der Waals surface area contributed by atoms with Gasteiger partial charge in [0.25, 0.3) is 0 Å². The lowest BCUT2D eigenvalue weighted by molar-refractivity contribution is -0.158. The summed E-state index contributed by atoms with van der Waals surface area (Å²) in [6, 6.07) is 0. The van der Waals surface area contributed by atoms with Crippen LogP contribution in [0.15, 0.2) is 105 Å². The van der Waals surface area contributed by atoms with Gasteiger partial charge in [-0.05, 0) is 337 Å². The Bertz CT molecular complexity index is 4360. The zero-order valence-electron chi connectivity index (χ0n) is 80.9. The number of carbonyl (C=O) groups excluding carboxylic acids is 7. The van der Waals surface area contributed by atoms with E-state index in [2.05, 4.69) is 89.3 Å². The second-order valence-corrected chi connectivity index (χ2v) is 47.9. The van der Waals surface area contributed by atoms with E-state index in [9.17, 15) is 54.0 Å². The molecule has 4 N–H and O–H groups in total. The molecule has 15 unspecified atom stereocenters. The molecule has 0 amide bonds. The van der Waals surface area contributed by atoms with Crippen LogP contribution in [-0.4, -0.2) is 124 Å². The van der Waals surface area contributed by atoms with Gasteiger partial charge in [-0.3, -0.25) is 28.8 Å². The van der Waals surface area contributed by atoms with E-state index in [1.54, 1.807) is 22.1 Å². The number of aliphatic hydroxyl groups is 4. The minimum absolute atomic E-state index is 0.00760. The number of ether oxygens (including phenoxy) is 6. The van der Waals surface area contributed by atoms with E-state index in [1.807, 2.05) is 0 Å². The topological polar surface area (TPSA) is 256 Å². The van der Waals surface area contributed by atoms with E-state index in [1.165, 1.54) is 101 Å². The average Bonchev–Trinajstić information content (AvgIpc) is 1.14. The third-order valence-corrected chi connectivity index (χ3v) is 42.1. The maximum Gasteiger partial charge on any atom is 0.302 e. The number of halogens is 4. The van der Waals surface area contributed by atoms with Crippen molar-refractivity contribution < 1.29 is 82.4 Å². The highest BCUT2D eigenvalue weighted by atomic mass is 35.5. The number of carbonyl (C=O) groups is 7. The Morgan fingerprint density at radius 2 is 0.508 bits per heavy atom. The Hall–Kier alpha value is -4.85. The van der Waals surface area contributed by atoms with Crippen molar-refractivity contribution in [3.63, 3.8) is 0 Å². The molecule has 0 aromatic rings. The van der Waals surface area contributed by atoms with Gasteiger partial charge in [-0.25, -0.2) is 0 Å². The molecule has 15 fully saturated rings. The van der Waals surface area contributed by atoms with Crippen LogP contribution in [0, 0.1) is 143 Å². The molecule has 15 saturated carbocycles. The van der Waals surface area contributed by atoms with Crippen molar-refractivity contribution in [1.29, 1.82) is 0 Å². The second kappa shape index (κ2) is 39.7. The molecule has 0 heterocycles. The summed E-state index contributed by atoms with van der Waals surface area (Å²) >= 11 is 24.5. The van der Waals surface area contributed by atoms with Gasteiger partial charge in [-0.2, -0.15) is 0 Å². The van der Waals surface area contributed by atoms with Crippen LogP contribution in [0.4, 0.5) is 0 Å². The van der Waals surface area contributed by atoms with E-state index < -0.39 is 0 Å². The summed E-state index contributed by atoms with van der Waals surface area (Å²) in [4.78, 5) is 81.6. The molecule has 0 spiro atoms. The van der Waals surface area contributed by atoms with Gasteiger partial charge >= 0.3 is 35.8 Å². The van der Waals surface area contributed by atoms with Crippen molar-refractivity contribution in [3.8, 4) is 0 Å². The van der Waals surface area contributed by atoms with E-state index >= 15 is 0 Å². The Kier molecular flexibility index (Phi) is 30.1. The molecule has 20 rings (SSSR count). The molecule has 132 heavy (non-hydrogen) atoms. The van der Waals surface area contributed by atoms with Crippen LogP contribution in [0.3, 0.4) is 0 Å². The van der Waals surface area contributed by atoms with Crippen molar-refractivity contribution in [2.45, 2.75) is 394 Å². The third kappa shape index (κ3) is 17.9. The summed E-state index contributed by atoms with van der Waals surface area (Å²) < 4.78 is 33.8. The molecule has 0 saturated heterocycles. The largest absolute Gasteiger partial charge is 0.462 e. The lowest BCUT2D eigenvalue weighted by Crippen LogP contribution is -2.53. The average molecular weight is 1900 g/mol. The van der Waals surface area contributed by atoms with Crippen LogP contribution < -0.4 is 0 Å². The summed E-state index contributed by atoms with van der Waals surface area (Å²) in [5.74, 6) is 7.54. The van der Waals surface area contributed by atoms with Gasteiger partial charge in [0.15, 0.2) is 0 Å². The highest BCUT2D eigenvalue weighted by Gasteiger charge is 2.67. The first-order chi connectivity index (χ1) is 62.9. The lowest BCUT2D eigenvalue weighted by atomic mass is 9.47. The molecular formula is C111H156Cl4O17. The van der Waals surface area contributed by atoms with Crippen LogP contribution in [0.1, 0.15) is 333 Å². The molecule has 35 atom stereocenters. The second-order valence-electron chi connectivity index (χ2n) is 46.9. The van der Waals surface area contributed by atoms with E-state index in [-0.39, 0.29) is 151 Å². The summed E-state index contributed by atoms with van der Waals surface area (Å²) in [7, 11) is 0. The van der Waals surface area contributed by atoms with Crippen LogP contribution in [0.25, 0.3) is 0 Å². The molecule has 20 aliphatic carbocycles. The molecule has 21 heteroatoms. The summed E-state index contributed by atoms with van der Waals surface area (Å²) in [6.45, 7) is 20.6. The van der Waals surface area contributed by atoms with E-state index in [0.717, 1.165) is 225 Å². The Labute approximate surface area is 807 Å². The SMILES string of the molecule is CC(=O)O[C@H]1CC[C@@]2(/C=C/Cl)C(=CCC3C2CC[C@@]2(C)C3CC[C@@H]2OC(C)=O)C1.CC(=O)O[C@H]1CC[C@@]2(/C=C\Cl)C(=CCC3C2CC[C@@]2(C)C3CC[C@@H]2OC(C)=O)C1.CC(=O)O[C@H]1CC[C@@]2(C=O)C(=CCC3C2CC[C@@]2(C)C3CC[C@@H]2OC(C)=O)C1.C[C@]12CCC3C(CC=C4C[C@@H](O)CC[C@@]43/C=C/Cl)C1CC[C@@H]2O.C[C@]12CCC3C(CC=C4C[C@@H](O)CC[C@@]43/C=C\Cl)C1CC[C@@H]2O. The quantitative estimate of drug-likeness (QED) is 0.0649. The van der Waals surface area contributed by atoms with Crippen molar-refractivity contribution in [1.82, 2.24) is 0 Å². The van der Waals surface area contributed by atoms with Crippen LogP contribution in [0.5, 0.6) is 0 Å². The van der Waals surface area contributed by atoms with Crippen LogP contribution in [-0.2, 0) is 62.0 Å². The molecule has 20 aliphatic rings. The number of aldehydes is 1. The van der Waals surface area contributed by atoms with Gasteiger partial charge in [0.1, 0.15) is 42.9 Å². The fraction of sp³-hybridized carbons (Fsp3) is 0.775. The van der Waals surface area contributed by atoms with Gasteiger partial charge in [-0.1, -0.05) is 164 Å². The molecule has 730 valence electrons. The van der Waals surface area contributed by atoms with E-state index in [4.69, 9.17) is 74.8 Å². The molecule has 17 nitrogen and oxygen atoms in total. The zero-order chi connectivity index (χ0) is 94.2. The number of fused-ring (bicyclic) bond motifs is 25. The Morgan fingerprint density at radius 1 is 0.280 bits per heavy atom. The first-order valence-corrected chi connectivity index (χ1v) is 53.5. The smallest absolute Gasteiger partial charge is 0.302 e. The van der Waals surface area contributed by atoms with Gasteiger partial charge < -0.3 is 53.6 Å². The normalized spacial score (nSPS) is 47.0. The molecular weight excluding hydrogens is 1750 g/mol. The number of rotatable bonds is 11. The predicted octanol–water partition coefficient (Wildman–Crippen LogP) is 23.9. The van der Waals surface area contributed by atoms with Gasteiger partial charge in [-0.15, -0.1) is 0 Å². The van der Waals surface area contributed by atoms with Crippen LogP contribution in [0.2, 0.25) is 0 Å². The molecule has 0 aromatic carbocycles. The number of esters is 6. The van der Waals surface area contributed by atoms with Gasteiger partial charge in [0, 0.05) is 121 Å². The van der Waals surface area contributed by atoms with Crippen LogP contribution >= 0.6 is 46.4 Å². The van der Waals surface area contributed by atoms with Crippen molar-refractivity contribution in [3.05, 3.63) is 105 Å². The summed E-state index contributed by atoms with van der Waals surface area (Å²) in [5, 5.41) is 41.3. The fourth-order valence-electron chi connectivity index (χ4n) is 35.6. The minimum Gasteiger partial charge on any atom is -0.462 e. The molecule has 0 aliphatic heterocycles. The van der Waals surface area contributed by atoms with Gasteiger partial charge in [0.2, 0.25) is 0 Å². The number of hydrogen-bond donors (Lipinski definition) is 4. The van der Waals surface area contributed by atoms with E-state index in [0.29, 0.717) is 95.2 Å². The monoisotopic (exact) mass is 1900 g/mol. The zero-order valence-corrected chi connectivity index (χ0v) is 83.9. The fourth-order valence-corrected chi connectivity index (χ4v) is 36.5. The summed E-state index contributed by atoms with van der Waals surface area (Å²) in [5.41, 5.74) is 13.8. The number of allylic oxidation sites excluding steroid dienone is 9. The molecule has 0 radical (unpaired) electrons. The first-order valence-electron chi connectivity index (χ1n) is 51.7. The maximum atomic E-state index is 12.5. The Balaban J connectivity index is 0.000000121. The van der Waals surface area contributed by atoms with Crippen molar-refractivity contribution in [2.75, 3.05) is 0 Å². The van der Waals surface area contributed by atoms with Crippen molar-refractivity contribution >= 4 is 88.5 Å². The number of hydrogen-bond acceptors (Lipinski definition) is 17. The first kappa shape index (κ1) is 100. The molecule has 0 aromatic heterocycles. The Morgan fingerprint density at radius 3 is 0.773 bits per heavy atom. The maximum absolute atomic E-state index is 12.5. The number of aliphatic hydroxyl groups excluding tert-OH is 4. The lowest BCUT2D eigenvalue weighted by Gasteiger charge is -2.58. The third-order valence-electron chi connectivity index (χ3n) is 41.6. The van der Waals surface area contributed by atoms with Crippen molar-refractivity contribution in [2.24, 2.45) is 143 Å². The highest BCUT2D eigenvalue weighted by Crippen LogP contribution is 2.73. The summed E-state index contributed by atoms with van der Waals surface area (Å²) in [6.07, 6.45) is 61.5. The highest BCUT2D eigenvalue weighted by molar-refractivity contribution is 6.26.